The summed E-state index contributed by atoms with van der Waals surface area (Å²) in [5.74, 6) is 0. The molecule has 0 unspecified atom stereocenters. The van der Waals surface area contributed by atoms with Crippen LogP contribution < -0.4 is 0 Å². The lowest BCUT2D eigenvalue weighted by Gasteiger charge is -2.35. The molecule has 0 saturated carbocycles. The lowest BCUT2D eigenvalue weighted by molar-refractivity contribution is 0.0116. The fourth-order valence-electron chi connectivity index (χ4n) is 2.14. The van der Waals surface area contributed by atoms with Crippen LogP contribution in [0.5, 0.6) is 0 Å². The quantitative estimate of drug-likeness (QED) is 0.665. The molecule has 120 valence electrons. The van der Waals surface area contributed by atoms with Gasteiger partial charge in [-0.2, -0.15) is 0 Å². The third-order valence-electron chi connectivity index (χ3n) is 4.55. The largest absolute Gasteiger partial charge is 0.432 e. The number of aliphatic hydroxyl groups excluding tert-OH is 2. The minimum atomic E-state index is -2.22. The third-order valence-corrected chi connectivity index (χ3v) is 8.45. The van der Waals surface area contributed by atoms with Crippen LogP contribution >= 0.6 is 11.6 Å². The van der Waals surface area contributed by atoms with E-state index in [1.165, 1.54) is 0 Å². The topological polar surface area (TPSA) is 60.7 Å². The molecule has 1 aromatic carbocycles. The summed E-state index contributed by atoms with van der Waals surface area (Å²) in [6, 6.07) is 7.02. The molecular formula is C16H27ClO3Si. The van der Waals surface area contributed by atoms with Crippen molar-refractivity contribution in [1.29, 1.82) is 0 Å². The van der Waals surface area contributed by atoms with Gasteiger partial charge in [0.2, 0.25) is 0 Å². The lowest BCUT2D eigenvalue weighted by Crippen LogP contribution is -2.39. The van der Waals surface area contributed by atoms with E-state index < -0.39 is 20.5 Å². The Bertz CT molecular complexity index is 457. The molecule has 2 atom stereocenters. The molecule has 3 N–H and O–H groups in total. The van der Waals surface area contributed by atoms with E-state index in [1.54, 1.807) is 24.3 Å². The second kappa shape index (κ2) is 7.25. The second-order valence-corrected chi connectivity index (χ2v) is 11.7. The maximum absolute atomic E-state index is 10.2. The Morgan fingerprint density at radius 3 is 2.29 bits per heavy atom. The van der Waals surface area contributed by atoms with Crippen molar-refractivity contribution in [2.75, 3.05) is 0 Å². The van der Waals surface area contributed by atoms with Gasteiger partial charge in [-0.05, 0) is 37.0 Å². The van der Waals surface area contributed by atoms with Crippen molar-refractivity contribution in [2.45, 2.75) is 63.5 Å². The van der Waals surface area contributed by atoms with Crippen LogP contribution in [-0.2, 0) is 0 Å². The van der Waals surface area contributed by atoms with E-state index in [2.05, 4.69) is 13.8 Å². The number of hydrogen-bond acceptors (Lipinski definition) is 3. The van der Waals surface area contributed by atoms with E-state index in [-0.39, 0.29) is 5.04 Å². The first kappa shape index (κ1) is 18.7. The summed E-state index contributed by atoms with van der Waals surface area (Å²) in [7, 11) is -2.22. The van der Waals surface area contributed by atoms with Gasteiger partial charge in [-0.15, -0.1) is 0 Å². The maximum atomic E-state index is 10.2. The fraction of sp³-hybridized carbons (Fsp3) is 0.625. The van der Waals surface area contributed by atoms with E-state index in [4.69, 9.17) is 11.6 Å². The van der Waals surface area contributed by atoms with Gasteiger partial charge in [0, 0.05) is 10.6 Å². The molecule has 0 aliphatic rings. The lowest BCUT2D eigenvalue weighted by atomic mass is 9.97. The molecule has 0 heterocycles. The van der Waals surface area contributed by atoms with Crippen LogP contribution in [0.25, 0.3) is 0 Å². The van der Waals surface area contributed by atoms with Gasteiger partial charge < -0.3 is 15.0 Å². The van der Waals surface area contributed by atoms with Gasteiger partial charge in [-0.1, -0.05) is 50.1 Å². The highest BCUT2D eigenvalue weighted by Gasteiger charge is 2.37. The van der Waals surface area contributed by atoms with Crippen LogP contribution in [-0.4, -0.2) is 29.4 Å². The first-order valence-corrected chi connectivity index (χ1v) is 10.7. The van der Waals surface area contributed by atoms with Gasteiger partial charge in [-0.3, -0.25) is 0 Å². The van der Waals surface area contributed by atoms with Crippen molar-refractivity contribution < 1.29 is 15.0 Å². The van der Waals surface area contributed by atoms with Gasteiger partial charge in [0.15, 0.2) is 8.32 Å². The Balaban J connectivity index is 2.55. The monoisotopic (exact) mass is 330 g/mol. The van der Waals surface area contributed by atoms with Crippen LogP contribution in [0.15, 0.2) is 24.3 Å². The Labute approximate surface area is 133 Å². The average Bonchev–Trinajstić information content (AvgIpc) is 2.36. The van der Waals surface area contributed by atoms with Crippen molar-refractivity contribution in [3.05, 3.63) is 34.9 Å². The summed E-state index contributed by atoms with van der Waals surface area (Å²) in [5, 5.41) is 20.7. The van der Waals surface area contributed by atoms with Gasteiger partial charge in [0.05, 0.1) is 6.10 Å². The first-order chi connectivity index (χ1) is 9.56. The summed E-state index contributed by atoms with van der Waals surface area (Å²) >= 11 is 6.03. The van der Waals surface area contributed by atoms with Crippen LogP contribution in [0.3, 0.4) is 0 Å². The first-order valence-electron chi connectivity index (χ1n) is 7.39. The van der Waals surface area contributed by atoms with Crippen molar-refractivity contribution in [3.63, 3.8) is 0 Å². The Morgan fingerprint density at radius 2 is 1.76 bits per heavy atom. The number of halogens is 1. The highest BCUT2D eigenvalue weighted by atomic mass is 35.5. The number of benzene rings is 1. The SMILES string of the molecule is CC(C)(CCC[C@H](O)[C@@H](O)c1ccccc1Cl)[Si](C)(C)O. The third kappa shape index (κ3) is 5.08. The van der Waals surface area contributed by atoms with E-state index in [9.17, 15) is 15.0 Å². The van der Waals surface area contributed by atoms with E-state index in [0.29, 0.717) is 17.0 Å². The predicted molar refractivity (Wildman–Crippen MR) is 90.0 cm³/mol. The molecule has 0 amide bonds. The van der Waals surface area contributed by atoms with E-state index in [1.807, 2.05) is 13.1 Å². The summed E-state index contributed by atoms with van der Waals surface area (Å²) in [6.45, 7) is 8.00. The zero-order valence-corrected chi connectivity index (χ0v) is 15.1. The molecule has 3 nitrogen and oxygen atoms in total. The highest BCUT2D eigenvalue weighted by molar-refractivity contribution is 6.72. The molecule has 1 rings (SSSR count). The predicted octanol–water partition coefficient (Wildman–Crippen LogP) is 3.88. The number of hydrogen-bond donors (Lipinski definition) is 3. The molecule has 0 aromatic heterocycles. The molecule has 0 spiro atoms. The molecule has 5 heteroatoms. The maximum Gasteiger partial charge on any atom is 0.188 e. The Hall–Kier alpha value is -0.393. The number of aliphatic hydroxyl groups is 2. The molecule has 21 heavy (non-hydrogen) atoms. The van der Waals surface area contributed by atoms with E-state index in [0.717, 1.165) is 12.8 Å². The van der Waals surface area contributed by atoms with Crippen LogP contribution in [0, 0.1) is 0 Å². The number of rotatable bonds is 7. The van der Waals surface area contributed by atoms with Gasteiger partial charge in [0.25, 0.3) is 0 Å². The molecule has 0 bridgehead atoms. The Kier molecular flexibility index (Phi) is 6.44. The molecule has 0 saturated heterocycles. The molecule has 0 fully saturated rings. The van der Waals surface area contributed by atoms with Gasteiger partial charge in [-0.25, -0.2) is 0 Å². The zero-order chi connectivity index (χ0) is 16.3. The molecular weight excluding hydrogens is 304 g/mol. The molecule has 1 aromatic rings. The average molecular weight is 331 g/mol. The summed E-state index contributed by atoms with van der Waals surface area (Å²) in [6.07, 6.45) is 0.257. The van der Waals surface area contributed by atoms with Crippen LogP contribution in [0.4, 0.5) is 0 Å². The molecule has 0 radical (unpaired) electrons. The van der Waals surface area contributed by atoms with Crippen molar-refractivity contribution >= 4 is 19.9 Å². The fourth-order valence-corrected chi connectivity index (χ4v) is 3.18. The standard InChI is InChI=1S/C16H27ClO3Si/c1-16(2,21(3,4)20)11-7-10-14(18)15(19)12-8-5-6-9-13(12)17/h5-6,8-9,14-15,18-20H,7,10-11H2,1-4H3/t14-,15-/m0/s1. The van der Waals surface area contributed by atoms with Crippen LogP contribution in [0.2, 0.25) is 23.2 Å². The van der Waals surface area contributed by atoms with Gasteiger partial charge >= 0.3 is 0 Å². The van der Waals surface area contributed by atoms with Crippen molar-refractivity contribution in [1.82, 2.24) is 0 Å². The minimum Gasteiger partial charge on any atom is -0.432 e. The van der Waals surface area contributed by atoms with E-state index >= 15 is 0 Å². The smallest absolute Gasteiger partial charge is 0.188 e. The molecule has 0 aliphatic carbocycles. The summed E-state index contributed by atoms with van der Waals surface area (Å²) in [5.41, 5.74) is 0.558. The van der Waals surface area contributed by atoms with Crippen molar-refractivity contribution in [2.24, 2.45) is 0 Å². The summed E-state index contributed by atoms with van der Waals surface area (Å²) < 4.78 is 0. The van der Waals surface area contributed by atoms with Crippen LogP contribution in [0.1, 0.15) is 44.8 Å². The highest BCUT2D eigenvalue weighted by Crippen LogP contribution is 2.40. The Morgan fingerprint density at radius 1 is 1.19 bits per heavy atom. The minimum absolute atomic E-state index is 0.109. The second-order valence-electron chi connectivity index (χ2n) is 6.87. The zero-order valence-electron chi connectivity index (χ0n) is 13.3. The molecule has 0 aliphatic heterocycles. The van der Waals surface area contributed by atoms with Gasteiger partial charge in [0.1, 0.15) is 6.10 Å². The normalized spacial score (nSPS) is 15.8. The van der Waals surface area contributed by atoms with Crippen molar-refractivity contribution in [3.8, 4) is 0 Å². The summed E-state index contributed by atoms with van der Waals surface area (Å²) in [4.78, 5) is 10.2.